The number of ether oxygens (including phenoxy) is 4. The Morgan fingerprint density at radius 2 is 1.70 bits per heavy atom. The molecule has 3 atom stereocenters. The molecule has 2 aromatic rings. The topological polar surface area (TPSA) is 161 Å². The Balaban J connectivity index is 2.23. The predicted molar refractivity (Wildman–Crippen MR) is 164 cm³/mol. The van der Waals surface area contributed by atoms with Crippen molar-refractivity contribution in [2.24, 2.45) is 0 Å². The zero-order valence-corrected chi connectivity index (χ0v) is 26.0. The maximum atomic E-state index is 13.5. The van der Waals surface area contributed by atoms with E-state index < -0.39 is 35.8 Å². The Morgan fingerprint density at radius 3 is 2.32 bits per heavy atom. The lowest BCUT2D eigenvalue weighted by molar-refractivity contribution is -0.122. The van der Waals surface area contributed by atoms with Crippen molar-refractivity contribution in [2.75, 3.05) is 27.9 Å². The number of rotatable bonds is 9. The molecule has 0 bridgehead atoms. The lowest BCUT2D eigenvalue weighted by Gasteiger charge is -2.24. The third kappa shape index (κ3) is 8.66. The van der Waals surface area contributed by atoms with E-state index in [4.69, 9.17) is 18.9 Å². The number of carbonyl (C=O) groups excluding carboxylic acids is 3. The van der Waals surface area contributed by atoms with Crippen molar-refractivity contribution in [2.45, 2.75) is 76.9 Å². The second kappa shape index (κ2) is 16.0. The lowest BCUT2D eigenvalue weighted by atomic mass is 9.84. The van der Waals surface area contributed by atoms with E-state index in [9.17, 15) is 29.7 Å². The van der Waals surface area contributed by atoms with Gasteiger partial charge in [-0.05, 0) is 68.9 Å². The molecule has 240 valence electrons. The van der Waals surface area contributed by atoms with Crippen molar-refractivity contribution >= 4 is 23.7 Å². The SMILES string of the molecule is COc1cc(C(CC(=O)NC[C@@H](C)O)c2c(O)cc3c(c2O)C(=O)O[C@@H](C)CCCC(=O)CCCC=C3)cc(OC)c1OC. The van der Waals surface area contributed by atoms with Crippen LogP contribution in [0.15, 0.2) is 24.3 Å². The Kier molecular flexibility index (Phi) is 12.5. The average molecular weight is 614 g/mol. The number of nitrogens with one attached hydrogen (secondary N) is 1. The molecule has 11 heteroatoms. The maximum Gasteiger partial charge on any atom is 0.342 e. The van der Waals surface area contributed by atoms with E-state index in [-0.39, 0.29) is 52.7 Å². The monoisotopic (exact) mass is 613 g/mol. The molecule has 0 aliphatic carbocycles. The van der Waals surface area contributed by atoms with Gasteiger partial charge in [-0.3, -0.25) is 9.59 Å². The summed E-state index contributed by atoms with van der Waals surface area (Å²) in [6.07, 6.45) is 4.81. The molecule has 0 saturated carbocycles. The van der Waals surface area contributed by atoms with E-state index in [1.165, 1.54) is 34.3 Å². The number of fused-ring (bicyclic) bond motifs is 1. The zero-order valence-electron chi connectivity index (χ0n) is 26.0. The second-order valence-electron chi connectivity index (χ2n) is 10.9. The smallest absolute Gasteiger partial charge is 0.342 e. The van der Waals surface area contributed by atoms with Gasteiger partial charge in [0, 0.05) is 37.3 Å². The Morgan fingerprint density at radius 1 is 1.05 bits per heavy atom. The van der Waals surface area contributed by atoms with Crippen LogP contribution in [0, 0.1) is 0 Å². The van der Waals surface area contributed by atoms with E-state index in [0.717, 1.165) is 0 Å². The van der Waals surface area contributed by atoms with Gasteiger partial charge in [0.05, 0.1) is 33.5 Å². The normalized spacial score (nSPS) is 17.5. The van der Waals surface area contributed by atoms with Gasteiger partial charge < -0.3 is 39.6 Å². The van der Waals surface area contributed by atoms with Gasteiger partial charge in [0.15, 0.2) is 11.5 Å². The summed E-state index contributed by atoms with van der Waals surface area (Å²) in [5.41, 5.74) is 0.414. The molecular formula is C33H43NO10. The van der Waals surface area contributed by atoms with Crippen LogP contribution in [-0.2, 0) is 14.3 Å². The minimum atomic E-state index is -1.00. The van der Waals surface area contributed by atoms with Crippen molar-refractivity contribution in [3.8, 4) is 28.7 Å². The van der Waals surface area contributed by atoms with E-state index in [0.29, 0.717) is 49.8 Å². The number of cyclic esters (lactones) is 1. The molecule has 1 heterocycles. The zero-order chi connectivity index (χ0) is 32.4. The first-order valence-electron chi connectivity index (χ1n) is 14.7. The van der Waals surface area contributed by atoms with Gasteiger partial charge in [-0.1, -0.05) is 12.2 Å². The molecule has 44 heavy (non-hydrogen) atoms. The van der Waals surface area contributed by atoms with E-state index in [2.05, 4.69) is 5.32 Å². The van der Waals surface area contributed by atoms with Crippen LogP contribution in [-0.4, -0.2) is 73.1 Å². The molecular weight excluding hydrogens is 570 g/mol. The second-order valence-corrected chi connectivity index (χ2v) is 10.9. The van der Waals surface area contributed by atoms with E-state index in [1.54, 1.807) is 31.2 Å². The number of carbonyl (C=O) groups is 3. The summed E-state index contributed by atoms with van der Waals surface area (Å²) in [4.78, 5) is 38.8. The molecule has 0 saturated heterocycles. The van der Waals surface area contributed by atoms with Crippen molar-refractivity contribution in [3.05, 3.63) is 46.5 Å². The largest absolute Gasteiger partial charge is 0.507 e. The number of methoxy groups -OCH3 is 3. The molecule has 1 aliphatic rings. The number of hydrogen-bond donors (Lipinski definition) is 4. The van der Waals surface area contributed by atoms with Crippen molar-refractivity contribution < 1.29 is 48.7 Å². The number of phenols is 2. The van der Waals surface area contributed by atoms with E-state index >= 15 is 0 Å². The highest BCUT2D eigenvalue weighted by molar-refractivity contribution is 5.98. The van der Waals surface area contributed by atoms with Gasteiger partial charge in [0.25, 0.3) is 0 Å². The summed E-state index contributed by atoms with van der Waals surface area (Å²) >= 11 is 0. The third-order valence-electron chi connectivity index (χ3n) is 7.47. The van der Waals surface area contributed by atoms with Crippen LogP contribution in [0.2, 0.25) is 0 Å². The fraction of sp³-hybridized carbons (Fsp3) is 0.485. The first-order chi connectivity index (χ1) is 21.0. The van der Waals surface area contributed by atoms with Crippen LogP contribution in [0.1, 0.15) is 91.8 Å². The number of ketones is 1. The standard InChI is InChI=1S/C33H43NO10/c1-19(35)18-34-28(38)17-24(22-15-26(41-3)32(43-5)27(16-22)42-4)30-25(37)14-21-11-7-6-8-12-23(36)13-9-10-20(2)44-33(40)29(21)31(30)39/h7,11,14-16,19-20,24,35,37,39H,6,8-10,12-13,17-18H2,1-5H3,(H,34,38)/t19-,20+,24?/m1/s1. The number of benzene rings is 2. The molecule has 4 N–H and O–H groups in total. The quantitative estimate of drug-likeness (QED) is 0.294. The molecule has 11 nitrogen and oxygen atoms in total. The van der Waals surface area contributed by atoms with Crippen molar-refractivity contribution in [1.29, 1.82) is 0 Å². The minimum Gasteiger partial charge on any atom is -0.507 e. The fourth-order valence-corrected chi connectivity index (χ4v) is 5.23. The summed E-state index contributed by atoms with van der Waals surface area (Å²) in [6.45, 7) is 3.23. The molecule has 1 aliphatic heterocycles. The first-order valence-corrected chi connectivity index (χ1v) is 14.7. The molecule has 0 radical (unpaired) electrons. The number of hydrogen-bond acceptors (Lipinski definition) is 10. The fourth-order valence-electron chi connectivity index (χ4n) is 5.23. The van der Waals surface area contributed by atoms with Crippen LogP contribution in [0.3, 0.4) is 0 Å². The summed E-state index contributed by atoms with van der Waals surface area (Å²) in [7, 11) is 4.32. The summed E-state index contributed by atoms with van der Waals surface area (Å²) in [5.74, 6) is -2.16. The summed E-state index contributed by atoms with van der Waals surface area (Å²) in [6, 6.07) is 4.55. The first kappa shape index (κ1) is 34.2. The van der Waals surface area contributed by atoms with Crippen LogP contribution >= 0.6 is 0 Å². The Hall–Kier alpha value is -4.25. The lowest BCUT2D eigenvalue weighted by Crippen LogP contribution is -2.31. The average Bonchev–Trinajstić information content (AvgIpc) is 2.97. The molecule has 0 aromatic heterocycles. The number of aromatic hydroxyl groups is 2. The molecule has 3 rings (SSSR count). The van der Waals surface area contributed by atoms with Crippen molar-refractivity contribution in [1.82, 2.24) is 5.32 Å². The number of esters is 1. The Bertz CT molecular complexity index is 1340. The predicted octanol–water partition coefficient (Wildman–Crippen LogP) is 4.62. The van der Waals surface area contributed by atoms with Gasteiger partial charge in [-0.15, -0.1) is 0 Å². The molecule has 1 amide bonds. The highest BCUT2D eigenvalue weighted by atomic mass is 16.5. The van der Waals surface area contributed by atoms with Gasteiger partial charge in [-0.25, -0.2) is 4.79 Å². The van der Waals surface area contributed by atoms with Crippen LogP contribution < -0.4 is 19.5 Å². The number of allylic oxidation sites excluding steroid dienone is 1. The van der Waals surface area contributed by atoms with Crippen LogP contribution in [0.25, 0.3) is 6.08 Å². The van der Waals surface area contributed by atoms with Crippen LogP contribution in [0.5, 0.6) is 28.7 Å². The number of aliphatic hydroxyl groups excluding tert-OH is 1. The van der Waals surface area contributed by atoms with Gasteiger partial charge >= 0.3 is 5.97 Å². The molecule has 0 spiro atoms. The highest BCUT2D eigenvalue weighted by Crippen LogP contribution is 2.47. The molecule has 2 aromatic carbocycles. The van der Waals surface area contributed by atoms with E-state index in [1.807, 2.05) is 0 Å². The molecule has 0 fully saturated rings. The number of Topliss-reactive ketones (excluding diaryl/α,β-unsaturated/α-hetero) is 1. The van der Waals surface area contributed by atoms with Gasteiger partial charge in [0.2, 0.25) is 11.7 Å². The summed E-state index contributed by atoms with van der Waals surface area (Å²) in [5, 5.41) is 35.4. The third-order valence-corrected chi connectivity index (χ3v) is 7.47. The minimum absolute atomic E-state index is 0.0104. The van der Waals surface area contributed by atoms with Gasteiger partial charge in [-0.2, -0.15) is 0 Å². The number of aliphatic hydroxyl groups is 1. The van der Waals surface area contributed by atoms with Crippen molar-refractivity contribution in [3.63, 3.8) is 0 Å². The maximum absolute atomic E-state index is 13.5. The van der Waals surface area contributed by atoms with Crippen LogP contribution in [0.4, 0.5) is 0 Å². The number of amides is 1. The Labute approximate surface area is 257 Å². The molecule has 1 unspecified atom stereocenters. The summed E-state index contributed by atoms with van der Waals surface area (Å²) < 4.78 is 22.1. The van der Waals surface area contributed by atoms with Gasteiger partial charge in [0.1, 0.15) is 22.8 Å². The highest BCUT2D eigenvalue weighted by Gasteiger charge is 2.32. The number of phenolic OH excluding ortho intramolecular Hbond substituents is 2.